The largest absolute Gasteiger partial charge is 0.481 e. The van der Waals surface area contributed by atoms with Crippen molar-refractivity contribution in [2.24, 2.45) is 0 Å². The molecule has 0 bridgehead atoms. The minimum absolute atomic E-state index is 0.231. The lowest BCUT2D eigenvalue weighted by Crippen LogP contribution is -2.48. The number of benzene rings is 2. The predicted molar refractivity (Wildman–Crippen MR) is 111 cm³/mol. The second kappa shape index (κ2) is 9.39. The second-order valence-electron chi connectivity index (χ2n) is 7.01. The number of carbonyl (C=O) groups excluding carboxylic acids is 1. The molecule has 3 rings (SSSR count). The normalized spacial score (nSPS) is 16.9. The number of nitrogens with zero attached hydrogens (tertiary/aromatic N) is 2. The molecule has 1 aliphatic heterocycles. The van der Waals surface area contributed by atoms with Crippen LogP contribution in [0, 0.1) is 0 Å². The van der Waals surface area contributed by atoms with E-state index in [1.165, 1.54) is 29.0 Å². The summed E-state index contributed by atoms with van der Waals surface area (Å²) in [5.74, 6) is 0.211. The summed E-state index contributed by atoms with van der Waals surface area (Å²) in [6.07, 6.45) is -0.653. The molecule has 8 heteroatoms. The molecule has 7 nitrogen and oxygen atoms in total. The number of hydrogen-bond acceptors (Lipinski definition) is 5. The molecule has 0 saturated carbocycles. The zero-order valence-electron chi connectivity index (χ0n) is 16.7. The monoisotopic (exact) mass is 417 g/mol. The first kappa shape index (κ1) is 21.3. The summed E-state index contributed by atoms with van der Waals surface area (Å²) in [5, 5.41) is 2.51. The molecule has 1 atom stereocenters. The molecule has 1 fully saturated rings. The van der Waals surface area contributed by atoms with Crippen LogP contribution in [-0.2, 0) is 21.4 Å². The maximum absolute atomic E-state index is 12.9. The fourth-order valence-corrected chi connectivity index (χ4v) is 4.69. The topological polar surface area (TPSA) is 78.9 Å². The van der Waals surface area contributed by atoms with Gasteiger partial charge in [-0.15, -0.1) is 0 Å². The van der Waals surface area contributed by atoms with Gasteiger partial charge >= 0.3 is 0 Å². The van der Waals surface area contributed by atoms with Gasteiger partial charge in [0.25, 0.3) is 5.91 Å². The smallest absolute Gasteiger partial charge is 0.260 e. The van der Waals surface area contributed by atoms with Crippen LogP contribution in [0.5, 0.6) is 5.75 Å². The summed E-state index contributed by atoms with van der Waals surface area (Å²) in [7, 11) is -2.01. The van der Waals surface area contributed by atoms with Crippen molar-refractivity contribution in [1.82, 2.24) is 14.5 Å². The Hall–Kier alpha value is -2.42. The van der Waals surface area contributed by atoms with Gasteiger partial charge in [-0.05, 0) is 36.8 Å². The van der Waals surface area contributed by atoms with E-state index in [4.69, 9.17) is 4.74 Å². The van der Waals surface area contributed by atoms with Crippen LogP contribution in [0.2, 0.25) is 0 Å². The van der Waals surface area contributed by atoms with Gasteiger partial charge < -0.3 is 10.1 Å². The quantitative estimate of drug-likeness (QED) is 0.742. The molecule has 1 heterocycles. The Labute approximate surface area is 172 Å². The third kappa shape index (κ3) is 5.35. The first-order valence-corrected chi connectivity index (χ1v) is 11.1. The summed E-state index contributed by atoms with van der Waals surface area (Å²) in [6.45, 7) is 4.77. The van der Waals surface area contributed by atoms with Crippen molar-refractivity contribution in [3.63, 3.8) is 0 Å². The first-order valence-electron chi connectivity index (χ1n) is 9.65. The van der Waals surface area contributed by atoms with E-state index in [1.807, 2.05) is 18.2 Å². The van der Waals surface area contributed by atoms with Crippen molar-refractivity contribution in [2.45, 2.75) is 24.5 Å². The molecule has 2 aromatic rings. The molecule has 29 heavy (non-hydrogen) atoms. The number of likely N-dealkylation sites (N-methyl/N-ethyl adjacent to an activating group) is 1. The third-order valence-electron chi connectivity index (χ3n) is 4.97. The van der Waals surface area contributed by atoms with E-state index in [0.717, 1.165) is 6.54 Å². The van der Waals surface area contributed by atoms with Crippen LogP contribution in [-0.4, -0.2) is 62.9 Å². The van der Waals surface area contributed by atoms with Gasteiger partial charge in [0.15, 0.2) is 6.10 Å². The molecule has 0 aliphatic carbocycles. The molecule has 156 valence electrons. The van der Waals surface area contributed by atoms with Gasteiger partial charge in [-0.1, -0.05) is 30.3 Å². The van der Waals surface area contributed by atoms with Gasteiger partial charge in [-0.25, -0.2) is 8.42 Å². The van der Waals surface area contributed by atoms with Crippen LogP contribution in [0.3, 0.4) is 0 Å². The summed E-state index contributed by atoms with van der Waals surface area (Å²) >= 11 is 0. The van der Waals surface area contributed by atoms with Gasteiger partial charge in [0.2, 0.25) is 10.0 Å². The summed E-state index contributed by atoms with van der Waals surface area (Å²) < 4.78 is 32.9. The zero-order valence-corrected chi connectivity index (χ0v) is 17.6. The average molecular weight is 418 g/mol. The van der Waals surface area contributed by atoms with E-state index in [2.05, 4.69) is 22.3 Å². The Morgan fingerprint density at radius 3 is 2.24 bits per heavy atom. The Morgan fingerprint density at radius 1 is 1.03 bits per heavy atom. The third-order valence-corrected chi connectivity index (χ3v) is 6.88. The minimum atomic E-state index is -3.55. The highest BCUT2D eigenvalue weighted by Gasteiger charge is 2.28. The van der Waals surface area contributed by atoms with Crippen LogP contribution in [0.25, 0.3) is 0 Å². The van der Waals surface area contributed by atoms with Crippen LogP contribution in [0.15, 0.2) is 59.5 Å². The fraction of sp³-hybridized carbons (Fsp3) is 0.381. The zero-order chi connectivity index (χ0) is 20.9. The molecule has 1 saturated heterocycles. The Balaban J connectivity index is 1.59. The molecule has 2 aromatic carbocycles. The fourth-order valence-electron chi connectivity index (χ4n) is 3.27. The molecule has 1 N–H and O–H groups in total. The maximum Gasteiger partial charge on any atom is 0.260 e. The molecule has 0 radical (unpaired) electrons. The Morgan fingerprint density at radius 2 is 1.66 bits per heavy atom. The highest BCUT2D eigenvalue weighted by atomic mass is 32.2. The van der Waals surface area contributed by atoms with Crippen LogP contribution in [0.4, 0.5) is 0 Å². The molecular weight excluding hydrogens is 390 g/mol. The molecule has 0 spiro atoms. The van der Waals surface area contributed by atoms with Crippen LogP contribution < -0.4 is 10.1 Å². The molecular formula is C21H27N3O4S. The van der Waals surface area contributed by atoms with Crippen molar-refractivity contribution in [3.8, 4) is 5.75 Å². The average Bonchev–Trinajstić information content (AvgIpc) is 2.74. The lowest BCUT2D eigenvalue weighted by Gasteiger charge is -2.34. The van der Waals surface area contributed by atoms with Crippen LogP contribution >= 0.6 is 0 Å². The maximum atomic E-state index is 12.9. The number of amides is 1. The summed E-state index contributed by atoms with van der Waals surface area (Å²) in [5.41, 5.74) is 1.23. The number of ether oxygens (including phenoxy) is 1. The summed E-state index contributed by atoms with van der Waals surface area (Å²) in [4.78, 5) is 14.0. The van der Waals surface area contributed by atoms with Crippen molar-refractivity contribution < 1.29 is 17.9 Å². The van der Waals surface area contributed by atoms with Crippen LogP contribution in [0.1, 0.15) is 12.5 Å². The Bertz CT molecular complexity index is 909. The second-order valence-corrected chi connectivity index (χ2v) is 8.95. The number of sulfonamides is 1. The van der Waals surface area contributed by atoms with Gasteiger partial charge in [0.05, 0.1) is 4.90 Å². The standard InChI is InChI=1S/C21H27N3O4S/c1-17(21(25)22-2)28-19-8-10-20(11-9-19)29(26,27)24-14-12-23(13-15-24)16-18-6-4-3-5-7-18/h3-11,17H,12-16H2,1-2H3,(H,22,25)/t17-/m1/s1. The van der Waals surface area contributed by atoms with E-state index in [-0.39, 0.29) is 10.8 Å². The Kier molecular flexibility index (Phi) is 6.89. The number of nitrogens with one attached hydrogen (secondary N) is 1. The lowest BCUT2D eigenvalue weighted by molar-refractivity contribution is -0.126. The molecule has 1 aliphatic rings. The lowest BCUT2D eigenvalue weighted by atomic mass is 10.2. The highest BCUT2D eigenvalue weighted by Crippen LogP contribution is 2.22. The number of rotatable bonds is 7. The van der Waals surface area contributed by atoms with Crippen molar-refractivity contribution >= 4 is 15.9 Å². The van der Waals surface area contributed by atoms with Gasteiger partial charge in [0, 0.05) is 39.8 Å². The SMILES string of the molecule is CNC(=O)[C@@H](C)Oc1ccc(S(=O)(=O)N2CCN(Cc3ccccc3)CC2)cc1. The molecule has 1 amide bonds. The van der Waals surface area contributed by atoms with E-state index >= 15 is 0 Å². The van der Waals surface area contributed by atoms with E-state index in [0.29, 0.717) is 31.9 Å². The van der Waals surface area contributed by atoms with E-state index in [1.54, 1.807) is 19.1 Å². The van der Waals surface area contributed by atoms with Gasteiger partial charge in [-0.2, -0.15) is 4.31 Å². The van der Waals surface area contributed by atoms with E-state index < -0.39 is 16.1 Å². The van der Waals surface area contributed by atoms with Crippen molar-refractivity contribution in [3.05, 3.63) is 60.2 Å². The number of carbonyl (C=O) groups is 1. The number of piperazine rings is 1. The molecule has 0 aromatic heterocycles. The van der Waals surface area contributed by atoms with Gasteiger partial charge in [0.1, 0.15) is 5.75 Å². The van der Waals surface area contributed by atoms with Crippen molar-refractivity contribution in [2.75, 3.05) is 33.2 Å². The summed E-state index contributed by atoms with van der Waals surface area (Å²) in [6, 6.07) is 16.4. The predicted octanol–water partition coefficient (Wildman–Crippen LogP) is 1.71. The minimum Gasteiger partial charge on any atom is -0.481 e. The first-order chi connectivity index (χ1) is 13.9. The van der Waals surface area contributed by atoms with E-state index in [9.17, 15) is 13.2 Å². The van der Waals surface area contributed by atoms with Crippen molar-refractivity contribution in [1.29, 1.82) is 0 Å². The number of hydrogen-bond donors (Lipinski definition) is 1. The molecule has 0 unspecified atom stereocenters. The highest BCUT2D eigenvalue weighted by molar-refractivity contribution is 7.89. The van der Waals surface area contributed by atoms with Gasteiger partial charge in [-0.3, -0.25) is 9.69 Å².